The summed E-state index contributed by atoms with van der Waals surface area (Å²) < 4.78 is 15.1. The minimum Gasteiger partial charge on any atom is -0.351 e. The lowest BCUT2D eigenvalue weighted by molar-refractivity contribution is 0.0945. The number of rotatable bonds is 8. The van der Waals surface area contributed by atoms with E-state index in [4.69, 9.17) is 11.6 Å². The van der Waals surface area contributed by atoms with E-state index in [9.17, 15) is 9.18 Å². The van der Waals surface area contributed by atoms with Gasteiger partial charge in [0.05, 0.1) is 11.4 Å². The van der Waals surface area contributed by atoms with Crippen molar-refractivity contribution in [3.63, 3.8) is 0 Å². The number of carbonyl (C=O) groups excluding carboxylic acids is 1. The Labute approximate surface area is 220 Å². The number of halogens is 2. The maximum Gasteiger partial charge on any atom is 0.270 e. The second kappa shape index (κ2) is 11.2. The van der Waals surface area contributed by atoms with Crippen LogP contribution in [-0.4, -0.2) is 22.2 Å². The quantitative estimate of drug-likeness (QED) is 0.239. The monoisotopic (exact) mass is 509 g/mol. The predicted octanol–water partition coefficient (Wildman–Crippen LogP) is 7.28. The standard InChI is InChI=1S/C31H25ClFN3O/c32-25-13-17-27(18-14-25)36-30(21-29(35-36)24-11-15-26(33)16-12-24)31(37)34-20-19-28(22-7-3-1-4-8-22)23-9-5-2-6-10-23/h1-18,21,28H,19-20H2,(H,34,37). The number of amides is 1. The lowest BCUT2D eigenvalue weighted by Crippen LogP contribution is -2.28. The molecule has 0 spiro atoms. The van der Waals surface area contributed by atoms with Gasteiger partial charge in [-0.15, -0.1) is 0 Å². The maximum atomic E-state index is 13.5. The normalized spacial score (nSPS) is 11.0. The van der Waals surface area contributed by atoms with Gasteiger partial charge in [0, 0.05) is 23.0 Å². The Morgan fingerprint density at radius 1 is 0.838 bits per heavy atom. The summed E-state index contributed by atoms with van der Waals surface area (Å²) in [6, 6.07) is 35.5. The Balaban J connectivity index is 1.39. The highest BCUT2D eigenvalue weighted by atomic mass is 35.5. The minimum atomic E-state index is -0.328. The van der Waals surface area contributed by atoms with E-state index in [1.807, 2.05) is 36.4 Å². The van der Waals surface area contributed by atoms with Gasteiger partial charge in [0.2, 0.25) is 0 Å². The molecule has 5 rings (SSSR count). The molecule has 0 aliphatic rings. The minimum absolute atomic E-state index is 0.152. The van der Waals surface area contributed by atoms with E-state index in [2.05, 4.69) is 34.7 Å². The molecule has 1 amide bonds. The van der Waals surface area contributed by atoms with E-state index in [1.165, 1.54) is 23.3 Å². The van der Waals surface area contributed by atoms with Gasteiger partial charge in [0.1, 0.15) is 11.5 Å². The number of hydrogen-bond acceptors (Lipinski definition) is 2. The second-order valence-corrected chi connectivity index (χ2v) is 9.16. The highest BCUT2D eigenvalue weighted by molar-refractivity contribution is 6.30. The van der Waals surface area contributed by atoms with E-state index in [0.717, 1.165) is 12.0 Å². The van der Waals surface area contributed by atoms with Crippen molar-refractivity contribution in [2.75, 3.05) is 6.54 Å². The molecule has 0 atom stereocenters. The van der Waals surface area contributed by atoms with Crippen molar-refractivity contribution < 1.29 is 9.18 Å². The fraction of sp³-hybridized carbons (Fsp3) is 0.0968. The van der Waals surface area contributed by atoms with E-state index in [0.29, 0.717) is 28.6 Å². The van der Waals surface area contributed by atoms with Crippen LogP contribution in [0.5, 0.6) is 0 Å². The summed E-state index contributed by atoms with van der Waals surface area (Å²) in [4.78, 5) is 13.4. The average molecular weight is 510 g/mol. The summed E-state index contributed by atoms with van der Waals surface area (Å²) in [5.41, 5.74) is 4.79. The number of nitrogens with zero attached hydrogens (tertiary/aromatic N) is 2. The van der Waals surface area contributed by atoms with Gasteiger partial charge < -0.3 is 5.32 Å². The first-order chi connectivity index (χ1) is 18.1. The van der Waals surface area contributed by atoms with Crippen molar-refractivity contribution in [2.24, 2.45) is 0 Å². The largest absolute Gasteiger partial charge is 0.351 e. The molecule has 1 aromatic heterocycles. The molecule has 0 saturated heterocycles. The van der Waals surface area contributed by atoms with E-state index < -0.39 is 0 Å². The molecule has 0 fully saturated rings. The van der Waals surface area contributed by atoms with Gasteiger partial charge >= 0.3 is 0 Å². The van der Waals surface area contributed by atoms with Gasteiger partial charge in [0.25, 0.3) is 5.91 Å². The zero-order chi connectivity index (χ0) is 25.6. The summed E-state index contributed by atoms with van der Waals surface area (Å²) >= 11 is 6.07. The van der Waals surface area contributed by atoms with Crippen LogP contribution in [0.25, 0.3) is 16.9 Å². The van der Waals surface area contributed by atoms with Crippen LogP contribution in [0.1, 0.15) is 34.0 Å². The summed E-state index contributed by atoms with van der Waals surface area (Å²) in [7, 11) is 0. The molecule has 0 unspecified atom stereocenters. The Hall–Kier alpha value is -4.22. The van der Waals surface area contributed by atoms with Crippen molar-refractivity contribution in [1.82, 2.24) is 15.1 Å². The van der Waals surface area contributed by atoms with Crippen LogP contribution < -0.4 is 5.32 Å². The smallest absolute Gasteiger partial charge is 0.270 e. The van der Waals surface area contributed by atoms with Crippen molar-refractivity contribution in [3.05, 3.63) is 143 Å². The molecule has 0 bridgehead atoms. The van der Waals surface area contributed by atoms with Crippen LogP contribution in [0.3, 0.4) is 0 Å². The average Bonchev–Trinajstić information content (AvgIpc) is 3.38. The molecule has 4 nitrogen and oxygen atoms in total. The molecule has 6 heteroatoms. The molecule has 1 N–H and O–H groups in total. The van der Waals surface area contributed by atoms with Crippen LogP contribution in [0.4, 0.5) is 4.39 Å². The van der Waals surface area contributed by atoms with Gasteiger partial charge in [-0.2, -0.15) is 5.10 Å². The lowest BCUT2D eigenvalue weighted by atomic mass is 9.88. The molecule has 0 saturated carbocycles. The van der Waals surface area contributed by atoms with E-state index in [1.54, 1.807) is 47.1 Å². The molecule has 0 aliphatic heterocycles. The number of nitrogens with one attached hydrogen (secondary N) is 1. The molecule has 0 radical (unpaired) electrons. The zero-order valence-electron chi connectivity index (χ0n) is 20.0. The fourth-order valence-corrected chi connectivity index (χ4v) is 4.53. The molecule has 184 valence electrons. The summed E-state index contributed by atoms with van der Waals surface area (Å²) in [6.45, 7) is 0.477. The van der Waals surface area contributed by atoms with Crippen LogP contribution in [-0.2, 0) is 0 Å². The van der Waals surface area contributed by atoms with Gasteiger partial charge in [-0.3, -0.25) is 4.79 Å². The molecule has 0 aliphatic carbocycles. The Bertz CT molecular complexity index is 1430. The molecule has 4 aromatic carbocycles. The molecular formula is C31H25ClFN3O. The first-order valence-corrected chi connectivity index (χ1v) is 12.5. The lowest BCUT2D eigenvalue weighted by Gasteiger charge is -2.18. The van der Waals surface area contributed by atoms with Crippen LogP contribution in [0, 0.1) is 5.82 Å². The van der Waals surface area contributed by atoms with Gasteiger partial charge in [-0.1, -0.05) is 72.3 Å². The van der Waals surface area contributed by atoms with E-state index >= 15 is 0 Å². The first kappa shape index (κ1) is 24.5. The number of aromatic nitrogens is 2. The van der Waals surface area contributed by atoms with Crippen LogP contribution in [0.15, 0.2) is 115 Å². The fourth-order valence-electron chi connectivity index (χ4n) is 4.40. The zero-order valence-corrected chi connectivity index (χ0v) is 20.8. The van der Waals surface area contributed by atoms with Crippen molar-refractivity contribution in [3.8, 4) is 16.9 Å². The second-order valence-electron chi connectivity index (χ2n) is 8.73. The van der Waals surface area contributed by atoms with Crippen molar-refractivity contribution >= 4 is 17.5 Å². The summed E-state index contributed by atoms with van der Waals surface area (Å²) in [5.74, 6) is -0.417. The molecule has 1 heterocycles. The van der Waals surface area contributed by atoms with Gasteiger partial charge in [-0.25, -0.2) is 9.07 Å². The molecular weight excluding hydrogens is 485 g/mol. The Morgan fingerprint density at radius 2 is 1.43 bits per heavy atom. The third-order valence-corrected chi connectivity index (χ3v) is 6.53. The first-order valence-electron chi connectivity index (χ1n) is 12.1. The number of benzene rings is 4. The van der Waals surface area contributed by atoms with Crippen LogP contribution in [0.2, 0.25) is 5.02 Å². The Morgan fingerprint density at radius 3 is 2.03 bits per heavy atom. The highest BCUT2D eigenvalue weighted by Crippen LogP contribution is 2.28. The number of hydrogen-bond donors (Lipinski definition) is 1. The third-order valence-electron chi connectivity index (χ3n) is 6.28. The van der Waals surface area contributed by atoms with Crippen molar-refractivity contribution in [2.45, 2.75) is 12.3 Å². The van der Waals surface area contributed by atoms with Gasteiger partial charge in [-0.05, 0) is 72.1 Å². The number of carbonyl (C=O) groups is 1. The Kier molecular flexibility index (Phi) is 7.43. The summed E-state index contributed by atoms with van der Waals surface area (Å²) in [6.07, 6.45) is 0.736. The molecule has 5 aromatic rings. The maximum absolute atomic E-state index is 13.5. The van der Waals surface area contributed by atoms with Gasteiger partial charge in [0.15, 0.2) is 0 Å². The molecule has 37 heavy (non-hydrogen) atoms. The van der Waals surface area contributed by atoms with E-state index in [-0.39, 0.29) is 17.6 Å². The predicted molar refractivity (Wildman–Crippen MR) is 146 cm³/mol. The van der Waals surface area contributed by atoms with Crippen molar-refractivity contribution in [1.29, 1.82) is 0 Å². The SMILES string of the molecule is O=C(NCCC(c1ccccc1)c1ccccc1)c1cc(-c2ccc(F)cc2)nn1-c1ccc(Cl)cc1. The third kappa shape index (κ3) is 5.79. The summed E-state index contributed by atoms with van der Waals surface area (Å²) in [5, 5.41) is 8.33. The highest BCUT2D eigenvalue weighted by Gasteiger charge is 2.19. The van der Waals surface area contributed by atoms with Crippen LogP contribution >= 0.6 is 11.6 Å². The topological polar surface area (TPSA) is 46.9 Å².